The zero-order chi connectivity index (χ0) is 23.4. The van der Waals surface area contributed by atoms with Crippen LogP contribution in [0, 0.1) is 17.5 Å². The average Bonchev–Trinajstić information content (AvgIpc) is 3.30. The number of benzene rings is 2. The largest absolute Gasteiger partial charge is 0.334 e. The number of amides is 1. The fourth-order valence-electron chi connectivity index (χ4n) is 3.10. The minimum absolute atomic E-state index is 0.00677. The van der Waals surface area contributed by atoms with E-state index < -0.39 is 23.4 Å². The van der Waals surface area contributed by atoms with Gasteiger partial charge in [0.25, 0.3) is 11.8 Å². The number of anilines is 1. The van der Waals surface area contributed by atoms with Gasteiger partial charge in [0.1, 0.15) is 0 Å². The van der Waals surface area contributed by atoms with E-state index in [1.165, 1.54) is 6.07 Å². The zero-order valence-electron chi connectivity index (χ0n) is 17.5. The maximum absolute atomic E-state index is 14.8. The lowest BCUT2D eigenvalue weighted by Gasteiger charge is -2.10. The lowest BCUT2D eigenvalue weighted by Crippen LogP contribution is -2.17. The van der Waals surface area contributed by atoms with Crippen LogP contribution in [0.2, 0.25) is 0 Å². The van der Waals surface area contributed by atoms with Crippen molar-refractivity contribution in [2.75, 3.05) is 5.32 Å². The monoisotopic (exact) mass is 453 g/mol. The van der Waals surface area contributed by atoms with Gasteiger partial charge >= 0.3 is 0 Å². The molecule has 2 heterocycles. The highest BCUT2D eigenvalue weighted by Crippen LogP contribution is 2.21. The molecule has 2 aromatic heterocycles. The number of nitrogens with one attached hydrogen (secondary N) is 1. The molecule has 1 amide bonds. The SMILES string of the molecule is CCc1nc(NC(=O)c2ccccc2)nc(CCc2noc(-c3ccc(F)c(F)c3)n2)c1F. The van der Waals surface area contributed by atoms with Gasteiger partial charge in [0.05, 0.1) is 11.4 Å². The van der Waals surface area contributed by atoms with Crippen LogP contribution in [0.5, 0.6) is 0 Å². The molecule has 0 atom stereocenters. The van der Waals surface area contributed by atoms with E-state index in [9.17, 15) is 18.0 Å². The summed E-state index contributed by atoms with van der Waals surface area (Å²) in [7, 11) is 0. The first-order valence-corrected chi connectivity index (χ1v) is 10.1. The fourth-order valence-corrected chi connectivity index (χ4v) is 3.10. The lowest BCUT2D eigenvalue weighted by atomic mass is 10.1. The third kappa shape index (κ3) is 5.05. The molecule has 33 heavy (non-hydrogen) atoms. The molecule has 0 aliphatic rings. The molecule has 1 N–H and O–H groups in total. The van der Waals surface area contributed by atoms with Gasteiger partial charge in [-0.2, -0.15) is 4.98 Å². The van der Waals surface area contributed by atoms with Crippen LogP contribution in [0.15, 0.2) is 53.1 Å². The standard InChI is InChI=1S/C23H18F3N5O2/c1-2-17-20(26)18(28-23(27-17)30-21(32)13-6-4-3-5-7-13)10-11-19-29-22(33-31-19)14-8-9-15(24)16(25)12-14/h3-9,12H,2,10-11H2,1H3,(H,27,28,30,32). The Morgan fingerprint density at radius 2 is 1.70 bits per heavy atom. The Hall–Kier alpha value is -4.08. The van der Waals surface area contributed by atoms with Crippen LogP contribution in [0.4, 0.5) is 19.1 Å². The molecule has 4 aromatic rings. The molecule has 2 aromatic carbocycles. The number of hydrogen-bond donors (Lipinski definition) is 1. The third-order valence-corrected chi connectivity index (χ3v) is 4.80. The normalized spacial score (nSPS) is 10.9. The maximum Gasteiger partial charge on any atom is 0.258 e. The molecule has 7 nitrogen and oxygen atoms in total. The van der Waals surface area contributed by atoms with Crippen molar-refractivity contribution < 1.29 is 22.5 Å². The summed E-state index contributed by atoms with van der Waals surface area (Å²) in [6, 6.07) is 11.7. The Morgan fingerprint density at radius 3 is 2.42 bits per heavy atom. The number of rotatable bonds is 7. The predicted molar refractivity (Wildman–Crippen MR) is 113 cm³/mol. The molecule has 0 aliphatic carbocycles. The summed E-state index contributed by atoms with van der Waals surface area (Å²) in [6.45, 7) is 1.74. The number of aryl methyl sites for hydroxylation is 3. The van der Waals surface area contributed by atoms with E-state index in [1.54, 1.807) is 37.3 Å². The second kappa shape index (κ2) is 9.60. The highest BCUT2D eigenvalue weighted by atomic mass is 19.2. The molecule has 0 bridgehead atoms. The van der Waals surface area contributed by atoms with Crippen LogP contribution in [0.25, 0.3) is 11.5 Å². The Labute approximate surface area is 186 Å². The summed E-state index contributed by atoms with van der Waals surface area (Å²) < 4.78 is 46.5. The van der Waals surface area contributed by atoms with E-state index in [4.69, 9.17) is 4.52 Å². The van der Waals surface area contributed by atoms with Crippen molar-refractivity contribution in [3.8, 4) is 11.5 Å². The van der Waals surface area contributed by atoms with Crippen molar-refractivity contribution in [3.63, 3.8) is 0 Å². The number of hydrogen-bond acceptors (Lipinski definition) is 6. The van der Waals surface area contributed by atoms with Gasteiger partial charge in [-0.25, -0.2) is 23.1 Å². The fraction of sp³-hybridized carbons (Fsp3) is 0.174. The summed E-state index contributed by atoms with van der Waals surface area (Å²) >= 11 is 0. The molecule has 10 heteroatoms. The highest BCUT2D eigenvalue weighted by Gasteiger charge is 2.17. The molecule has 0 radical (unpaired) electrons. The van der Waals surface area contributed by atoms with Crippen molar-refractivity contribution >= 4 is 11.9 Å². The molecule has 0 saturated carbocycles. The Bertz CT molecular complexity index is 1290. The molecule has 0 saturated heterocycles. The molecule has 0 aliphatic heterocycles. The van der Waals surface area contributed by atoms with E-state index in [-0.39, 0.29) is 47.5 Å². The highest BCUT2D eigenvalue weighted by molar-refractivity contribution is 6.03. The smallest absolute Gasteiger partial charge is 0.258 e. The zero-order valence-corrected chi connectivity index (χ0v) is 17.5. The second-order valence-electron chi connectivity index (χ2n) is 7.07. The van der Waals surface area contributed by atoms with E-state index in [0.717, 1.165) is 12.1 Å². The van der Waals surface area contributed by atoms with Gasteiger partial charge in [0.15, 0.2) is 23.3 Å². The molecule has 168 valence electrons. The maximum atomic E-state index is 14.8. The minimum atomic E-state index is -1.03. The first-order valence-electron chi connectivity index (χ1n) is 10.1. The van der Waals surface area contributed by atoms with Crippen LogP contribution in [-0.2, 0) is 19.3 Å². The summed E-state index contributed by atoms with van der Waals surface area (Å²) in [5, 5.41) is 6.40. The van der Waals surface area contributed by atoms with Gasteiger partial charge in [-0.05, 0) is 36.8 Å². The Kier molecular flexibility index (Phi) is 6.43. The van der Waals surface area contributed by atoms with Gasteiger partial charge < -0.3 is 4.52 Å². The predicted octanol–water partition coefficient (Wildman–Crippen LogP) is 4.54. The lowest BCUT2D eigenvalue weighted by molar-refractivity contribution is 0.102. The number of halogens is 3. The van der Waals surface area contributed by atoms with Crippen molar-refractivity contribution in [3.05, 3.63) is 88.8 Å². The van der Waals surface area contributed by atoms with Crippen LogP contribution in [0.3, 0.4) is 0 Å². The first kappa shape index (κ1) is 22.1. The minimum Gasteiger partial charge on any atom is -0.334 e. The Balaban J connectivity index is 1.51. The van der Waals surface area contributed by atoms with Crippen LogP contribution < -0.4 is 5.32 Å². The van der Waals surface area contributed by atoms with Gasteiger partial charge in [-0.1, -0.05) is 30.3 Å². The first-order chi connectivity index (χ1) is 15.9. The molecule has 0 unspecified atom stereocenters. The van der Waals surface area contributed by atoms with Crippen molar-refractivity contribution in [1.29, 1.82) is 0 Å². The average molecular weight is 453 g/mol. The molecule has 0 fully saturated rings. The van der Waals surface area contributed by atoms with E-state index in [1.807, 2.05) is 0 Å². The van der Waals surface area contributed by atoms with Gasteiger partial charge in [-0.15, -0.1) is 0 Å². The quantitative estimate of drug-likeness (QED) is 0.442. The summed E-state index contributed by atoms with van der Waals surface area (Å²) in [5.74, 6) is -2.76. The number of nitrogens with zero attached hydrogens (tertiary/aromatic N) is 4. The molecular formula is C23H18F3N5O2. The van der Waals surface area contributed by atoms with Crippen molar-refractivity contribution in [2.45, 2.75) is 26.2 Å². The molecule has 4 rings (SSSR count). The van der Waals surface area contributed by atoms with E-state index in [2.05, 4.69) is 25.4 Å². The number of aromatic nitrogens is 4. The summed E-state index contributed by atoms with van der Waals surface area (Å²) in [6.07, 6.45) is 0.570. The van der Waals surface area contributed by atoms with E-state index >= 15 is 0 Å². The topological polar surface area (TPSA) is 93.8 Å². The summed E-state index contributed by atoms with van der Waals surface area (Å²) in [5.41, 5.74) is 0.893. The van der Waals surface area contributed by atoms with Crippen LogP contribution in [0.1, 0.15) is 34.5 Å². The van der Waals surface area contributed by atoms with Gasteiger partial charge in [0, 0.05) is 24.0 Å². The number of carbonyl (C=O) groups excluding carboxylic acids is 1. The van der Waals surface area contributed by atoms with Crippen LogP contribution in [-0.4, -0.2) is 26.0 Å². The molecular weight excluding hydrogens is 435 g/mol. The van der Waals surface area contributed by atoms with Gasteiger partial charge in [-0.3, -0.25) is 10.1 Å². The second-order valence-corrected chi connectivity index (χ2v) is 7.07. The van der Waals surface area contributed by atoms with Crippen molar-refractivity contribution in [2.24, 2.45) is 0 Å². The third-order valence-electron chi connectivity index (χ3n) is 4.80. The summed E-state index contributed by atoms with van der Waals surface area (Å²) in [4.78, 5) is 24.8. The van der Waals surface area contributed by atoms with Crippen LogP contribution >= 0.6 is 0 Å². The number of carbonyl (C=O) groups is 1. The van der Waals surface area contributed by atoms with Gasteiger partial charge in [0.2, 0.25) is 5.95 Å². The van der Waals surface area contributed by atoms with E-state index in [0.29, 0.717) is 12.0 Å². The molecule has 0 spiro atoms. The Morgan fingerprint density at radius 1 is 0.939 bits per heavy atom. The van der Waals surface area contributed by atoms with Crippen molar-refractivity contribution in [1.82, 2.24) is 20.1 Å².